The van der Waals surface area contributed by atoms with E-state index in [1.807, 2.05) is 6.07 Å². The van der Waals surface area contributed by atoms with Crippen LogP contribution < -0.4 is 5.73 Å². The minimum Gasteiger partial charge on any atom is -0.389 e. The molecule has 1 fully saturated rings. The third kappa shape index (κ3) is 3.30. The minimum absolute atomic E-state index is 0.479. The molecule has 2 nitrogen and oxygen atoms in total. The lowest BCUT2D eigenvalue weighted by Crippen LogP contribution is -2.29. The van der Waals surface area contributed by atoms with Gasteiger partial charge in [0.1, 0.15) is 4.99 Å². The van der Waals surface area contributed by atoms with Gasteiger partial charge in [0.2, 0.25) is 0 Å². The molecule has 0 heterocycles. The van der Waals surface area contributed by atoms with Crippen LogP contribution in [0.2, 0.25) is 0 Å². The van der Waals surface area contributed by atoms with Crippen molar-refractivity contribution < 1.29 is 0 Å². The van der Waals surface area contributed by atoms with Crippen LogP contribution in [-0.2, 0) is 6.54 Å². The Balaban J connectivity index is 1.97. The van der Waals surface area contributed by atoms with E-state index >= 15 is 0 Å². The molecule has 3 heteroatoms. The van der Waals surface area contributed by atoms with Gasteiger partial charge in [-0.3, -0.25) is 0 Å². The van der Waals surface area contributed by atoms with Gasteiger partial charge in [-0.1, -0.05) is 30.8 Å². The fourth-order valence-electron chi connectivity index (χ4n) is 2.50. The number of benzene rings is 1. The highest BCUT2D eigenvalue weighted by Crippen LogP contribution is 2.27. The molecule has 1 aliphatic carbocycles. The molecule has 1 aromatic carbocycles. The van der Waals surface area contributed by atoms with Gasteiger partial charge in [-0.05, 0) is 49.9 Å². The first-order valence-corrected chi connectivity index (χ1v) is 7.05. The molecule has 0 aliphatic heterocycles. The molecule has 1 aromatic rings. The second-order valence-corrected chi connectivity index (χ2v) is 5.94. The van der Waals surface area contributed by atoms with E-state index in [0.29, 0.717) is 4.99 Å². The summed E-state index contributed by atoms with van der Waals surface area (Å²) in [5.74, 6) is 0.922. The standard InChI is InChI=1S/C15H22N2S/c1-11-8-13(15(16)18)6-7-14(11)10-17(2)9-12-4-3-5-12/h6-8,12H,3-5,9-10H2,1-2H3,(H2,16,18). The zero-order valence-electron chi connectivity index (χ0n) is 11.3. The quantitative estimate of drug-likeness (QED) is 0.827. The summed E-state index contributed by atoms with van der Waals surface area (Å²) >= 11 is 5.00. The number of nitrogens with zero attached hydrogens (tertiary/aromatic N) is 1. The van der Waals surface area contributed by atoms with E-state index in [1.54, 1.807) is 0 Å². The van der Waals surface area contributed by atoms with E-state index in [9.17, 15) is 0 Å². The lowest BCUT2D eigenvalue weighted by atomic mass is 9.85. The van der Waals surface area contributed by atoms with Crippen LogP contribution >= 0.6 is 12.2 Å². The molecule has 0 amide bonds. The number of thiocarbonyl (C=S) groups is 1. The van der Waals surface area contributed by atoms with Crippen molar-refractivity contribution in [3.63, 3.8) is 0 Å². The maximum atomic E-state index is 5.65. The predicted octanol–water partition coefficient (Wildman–Crippen LogP) is 2.86. The maximum absolute atomic E-state index is 5.65. The summed E-state index contributed by atoms with van der Waals surface area (Å²) in [6.07, 6.45) is 4.23. The van der Waals surface area contributed by atoms with E-state index in [-0.39, 0.29) is 0 Å². The predicted molar refractivity (Wildman–Crippen MR) is 80.7 cm³/mol. The molecule has 0 saturated heterocycles. The lowest BCUT2D eigenvalue weighted by molar-refractivity contribution is 0.200. The molecule has 18 heavy (non-hydrogen) atoms. The van der Waals surface area contributed by atoms with Crippen molar-refractivity contribution in [2.75, 3.05) is 13.6 Å². The second-order valence-electron chi connectivity index (χ2n) is 5.50. The van der Waals surface area contributed by atoms with Crippen molar-refractivity contribution in [1.82, 2.24) is 4.90 Å². The van der Waals surface area contributed by atoms with Crippen LogP contribution in [0.25, 0.3) is 0 Å². The monoisotopic (exact) mass is 262 g/mol. The fourth-order valence-corrected chi connectivity index (χ4v) is 2.63. The number of rotatable bonds is 5. The van der Waals surface area contributed by atoms with Crippen molar-refractivity contribution in [3.8, 4) is 0 Å². The Labute approximate surface area is 115 Å². The average Bonchev–Trinajstić information content (AvgIpc) is 2.26. The normalized spacial score (nSPS) is 15.7. The minimum atomic E-state index is 0.479. The van der Waals surface area contributed by atoms with Crippen molar-refractivity contribution in [2.24, 2.45) is 11.7 Å². The molecule has 98 valence electrons. The third-order valence-corrected chi connectivity index (χ3v) is 4.10. The van der Waals surface area contributed by atoms with Gasteiger partial charge in [0.25, 0.3) is 0 Å². The Morgan fingerprint density at radius 1 is 1.44 bits per heavy atom. The third-order valence-electron chi connectivity index (χ3n) is 3.86. The second kappa shape index (κ2) is 5.81. The molecule has 0 unspecified atom stereocenters. The van der Waals surface area contributed by atoms with Gasteiger partial charge in [-0.15, -0.1) is 0 Å². The Morgan fingerprint density at radius 3 is 2.67 bits per heavy atom. The van der Waals surface area contributed by atoms with Crippen molar-refractivity contribution in [3.05, 3.63) is 34.9 Å². The molecule has 0 radical (unpaired) electrons. The molecule has 0 spiro atoms. The smallest absolute Gasteiger partial charge is 0.103 e. The van der Waals surface area contributed by atoms with Gasteiger partial charge < -0.3 is 10.6 Å². The van der Waals surface area contributed by atoms with E-state index in [0.717, 1.165) is 18.0 Å². The summed E-state index contributed by atoms with van der Waals surface area (Å²) in [7, 11) is 2.21. The van der Waals surface area contributed by atoms with Gasteiger partial charge in [0.05, 0.1) is 0 Å². The molecular weight excluding hydrogens is 240 g/mol. The van der Waals surface area contributed by atoms with Gasteiger partial charge in [0, 0.05) is 18.7 Å². The summed E-state index contributed by atoms with van der Waals surface area (Å²) in [5.41, 5.74) is 9.26. The van der Waals surface area contributed by atoms with Gasteiger partial charge in [-0.2, -0.15) is 0 Å². The van der Waals surface area contributed by atoms with E-state index < -0.39 is 0 Å². The molecule has 1 aliphatic rings. The van der Waals surface area contributed by atoms with Crippen LogP contribution in [0.3, 0.4) is 0 Å². The molecular formula is C15H22N2S. The molecule has 0 atom stereocenters. The molecule has 0 bridgehead atoms. The molecule has 2 N–H and O–H groups in total. The summed E-state index contributed by atoms with van der Waals surface area (Å²) < 4.78 is 0. The molecule has 1 saturated carbocycles. The van der Waals surface area contributed by atoms with E-state index in [1.165, 1.54) is 36.9 Å². The lowest BCUT2D eigenvalue weighted by Gasteiger charge is -2.30. The van der Waals surface area contributed by atoms with Crippen molar-refractivity contribution >= 4 is 17.2 Å². The van der Waals surface area contributed by atoms with Crippen LogP contribution in [0.1, 0.15) is 36.0 Å². The zero-order chi connectivity index (χ0) is 13.1. The number of hydrogen-bond acceptors (Lipinski definition) is 2. The number of nitrogens with two attached hydrogens (primary N) is 1. The highest BCUT2D eigenvalue weighted by atomic mass is 32.1. The highest BCUT2D eigenvalue weighted by Gasteiger charge is 2.19. The number of aryl methyl sites for hydroxylation is 1. The first kappa shape index (κ1) is 13.5. The Bertz CT molecular complexity index is 438. The van der Waals surface area contributed by atoms with Crippen LogP contribution in [0.4, 0.5) is 0 Å². The summed E-state index contributed by atoms with van der Waals surface area (Å²) in [6.45, 7) is 4.37. The van der Waals surface area contributed by atoms with Crippen molar-refractivity contribution in [2.45, 2.75) is 32.7 Å². The van der Waals surface area contributed by atoms with Gasteiger partial charge >= 0.3 is 0 Å². The Morgan fingerprint density at radius 2 is 2.17 bits per heavy atom. The van der Waals surface area contributed by atoms with Crippen LogP contribution in [0.15, 0.2) is 18.2 Å². The summed E-state index contributed by atoms with van der Waals surface area (Å²) in [5, 5.41) is 0. The number of hydrogen-bond donors (Lipinski definition) is 1. The van der Waals surface area contributed by atoms with Crippen LogP contribution in [-0.4, -0.2) is 23.5 Å². The largest absolute Gasteiger partial charge is 0.389 e. The average molecular weight is 262 g/mol. The van der Waals surface area contributed by atoms with E-state index in [4.69, 9.17) is 18.0 Å². The molecule has 2 rings (SSSR count). The SMILES string of the molecule is Cc1cc(C(N)=S)ccc1CN(C)CC1CCC1. The molecule has 0 aromatic heterocycles. The first-order chi connectivity index (χ1) is 8.56. The summed E-state index contributed by atoms with van der Waals surface area (Å²) in [6, 6.07) is 6.28. The maximum Gasteiger partial charge on any atom is 0.103 e. The van der Waals surface area contributed by atoms with Crippen molar-refractivity contribution in [1.29, 1.82) is 0 Å². The Kier molecular flexibility index (Phi) is 4.36. The Hall–Kier alpha value is -0.930. The van der Waals surface area contributed by atoms with Crippen LogP contribution in [0, 0.1) is 12.8 Å². The first-order valence-electron chi connectivity index (χ1n) is 6.64. The van der Waals surface area contributed by atoms with Gasteiger partial charge in [-0.25, -0.2) is 0 Å². The highest BCUT2D eigenvalue weighted by molar-refractivity contribution is 7.80. The van der Waals surface area contributed by atoms with Gasteiger partial charge in [0.15, 0.2) is 0 Å². The van der Waals surface area contributed by atoms with Crippen LogP contribution in [0.5, 0.6) is 0 Å². The zero-order valence-corrected chi connectivity index (χ0v) is 12.1. The topological polar surface area (TPSA) is 29.3 Å². The summed E-state index contributed by atoms with van der Waals surface area (Å²) in [4.78, 5) is 2.90. The fraction of sp³-hybridized carbons (Fsp3) is 0.533. The van der Waals surface area contributed by atoms with E-state index in [2.05, 4.69) is 31.0 Å².